The number of benzene rings is 1. The van der Waals surface area contributed by atoms with Crippen molar-refractivity contribution < 1.29 is 9.53 Å². The number of fused-ring (bicyclic) bond motifs is 2. The number of aromatic nitrogens is 1. The topological polar surface area (TPSA) is 77.2 Å². The van der Waals surface area contributed by atoms with Crippen LogP contribution in [0.3, 0.4) is 0 Å². The summed E-state index contributed by atoms with van der Waals surface area (Å²) in [6.07, 6.45) is 3.16. The minimum Gasteiger partial charge on any atom is -0.497 e. The number of ether oxygens (including phenoxy) is 1. The van der Waals surface area contributed by atoms with Crippen LogP contribution in [0.4, 0.5) is 11.4 Å². The van der Waals surface area contributed by atoms with E-state index in [1.165, 1.54) is 16.9 Å². The molecule has 0 fully saturated rings. The summed E-state index contributed by atoms with van der Waals surface area (Å²) in [4.78, 5) is 19.0. The van der Waals surface area contributed by atoms with Crippen molar-refractivity contribution in [1.82, 2.24) is 4.98 Å². The molecule has 3 aromatic rings. The Balaban J connectivity index is 1.63. The molecule has 152 valence electrons. The Morgan fingerprint density at radius 2 is 2.00 bits per heavy atom. The second kappa shape index (κ2) is 7.34. The number of nitrogen functional groups attached to an aromatic ring is 1. The molecule has 0 bridgehead atoms. The van der Waals surface area contributed by atoms with Gasteiger partial charge in [-0.1, -0.05) is 20.8 Å². The first-order valence-electron chi connectivity index (χ1n) is 9.92. The number of carbonyl (C=O) groups excluding carboxylic acids is 1. The number of hydrogen-bond acceptors (Lipinski definition) is 5. The van der Waals surface area contributed by atoms with Gasteiger partial charge < -0.3 is 15.8 Å². The highest BCUT2D eigenvalue weighted by atomic mass is 32.1. The number of anilines is 2. The number of pyridine rings is 1. The summed E-state index contributed by atoms with van der Waals surface area (Å²) in [6, 6.07) is 9.40. The summed E-state index contributed by atoms with van der Waals surface area (Å²) in [5, 5.41) is 3.81. The summed E-state index contributed by atoms with van der Waals surface area (Å²) in [7, 11) is 1.61. The van der Waals surface area contributed by atoms with Crippen LogP contribution in [0.25, 0.3) is 10.2 Å². The molecule has 6 heteroatoms. The number of methoxy groups -OCH3 is 1. The van der Waals surface area contributed by atoms with E-state index < -0.39 is 0 Å². The molecule has 1 aromatic carbocycles. The largest absolute Gasteiger partial charge is 0.497 e. The van der Waals surface area contributed by atoms with Crippen LogP contribution in [0.5, 0.6) is 5.75 Å². The minimum atomic E-state index is -0.207. The van der Waals surface area contributed by atoms with Gasteiger partial charge in [0.05, 0.1) is 12.8 Å². The molecule has 1 atom stereocenters. The highest BCUT2D eigenvalue weighted by Gasteiger charge is 2.30. The standard InChI is InChI=1S/C23H27N3O2S/c1-23(2,3)14-5-10-18-13(11-14)12-17-19(24)20(29-22(17)26-18)21(27)25-15-6-8-16(28-4)9-7-15/h6-9,12,14H,5,10-11,24H2,1-4H3,(H,25,27). The van der Waals surface area contributed by atoms with Crippen molar-refractivity contribution in [3.8, 4) is 5.75 Å². The van der Waals surface area contributed by atoms with Crippen LogP contribution in [0.15, 0.2) is 30.3 Å². The van der Waals surface area contributed by atoms with E-state index in [1.54, 1.807) is 7.11 Å². The molecule has 0 aliphatic heterocycles. The number of nitrogens with one attached hydrogen (secondary N) is 1. The number of thiophene rings is 1. The van der Waals surface area contributed by atoms with E-state index in [4.69, 9.17) is 15.5 Å². The van der Waals surface area contributed by atoms with Gasteiger partial charge in [-0.15, -0.1) is 11.3 Å². The lowest BCUT2D eigenvalue weighted by atomic mass is 9.71. The molecule has 0 radical (unpaired) electrons. The predicted octanol–water partition coefficient (Wildman–Crippen LogP) is 5.29. The molecule has 4 rings (SSSR count). The Kier molecular flexibility index (Phi) is 4.99. The van der Waals surface area contributed by atoms with Gasteiger partial charge >= 0.3 is 0 Å². The molecule has 1 aliphatic rings. The number of hydrogen-bond donors (Lipinski definition) is 2. The molecule has 1 amide bonds. The van der Waals surface area contributed by atoms with Crippen molar-refractivity contribution in [2.45, 2.75) is 40.0 Å². The molecule has 2 heterocycles. The lowest BCUT2D eigenvalue weighted by molar-refractivity contribution is 0.103. The Morgan fingerprint density at radius 3 is 2.66 bits per heavy atom. The zero-order valence-corrected chi connectivity index (χ0v) is 18.2. The SMILES string of the molecule is COc1ccc(NC(=O)c2sc3nc4c(cc3c2N)CC(C(C)(C)C)CC4)cc1. The van der Waals surface area contributed by atoms with Gasteiger partial charge in [-0.2, -0.15) is 0 Å². The molecule has 2 aromatic heterocycles. The average Bonchev–Trinajstić information content (AvgIpc) is 3.01. The van der Waals surface area contributed by atoms with Gasteiger partial charge in [0.15, 0.2) is 0 Å². The molecular weight excluding hydrogens is 382 g/mol. The van der Waals surface area contributed by atoms with Crippen LogP contribution in [-0.2, 0) is 12.8 Å². The van der Waals surface area contributed by atoms with Crippen LogP contribution in [-0.4, -0.2) is 18.0 Å². The van der Waals surface area contributed by atoms with Crippen LogP contribution in [0, 0.1) is 11.3 Å². The van der Waals surface area contributed by atoms with Crippen molar-refractivity contribution >= 4 is 38.8 Å². The smallest absolute Gasteiger partial charge is 0.267 e. The van der Waals surface area contributed by atoms with E-state index in [0.29, 0.717) is 22.2 Å². The summed E-state index contributed by atoms with van der Waals surface area (Å²) in [6.45, 7) is 6.90. The van der Waals surface area contributed by atoms with Crippen LogP contribution < -0.4 is 15.8 Å². The third-order valence-electron chi connectivity index (χ3n) is 5.86. The Morgan fingerprint density at radius 1 is 1.28 bits per heavy atom. The monoisotopic (exact) mass is 409 g/mol. The van der Waals surface area contributed by atoms with Crippen LogP contribution >= 0.6 is 11.3 Å². The van der Waals surface area contributed by atoms with Crippen molar-refractivity contribution in [2.75, 3.05) is 18.2 Å². The van der Waals surface area contributed by atoms with Gasteiger partial charge in [0.25, 0.3) is 5.91 Å². The number of rotatable bonds is 3. The fourth-order valence-electron chi connectivity index (χ4n) is 3.96. The fourth-order valence-corrected chi connectivity index (χ4v) is 4.95. The van der Waals surface area contributed by atoms with Crippen molar-refractivity contribution in [2.24, 2.45) is 11.3 Å². The second-order valence-corrected chi connectivity index (χ2v) is 9.78. The third-order valence-corrected chi connectivity index (χ3v) is 6.98. The van der Waals surface area contributed by atoms with Gasteiger partial charge in [0.1, 0.15) is 15.5 Å². The van der Waals surface area contributed by atoms with Gasteiger partial charge in [-0.25, -0.2) is 4.98 Å². The maximum absolute atomic E-state index is 12.8. The molecule has 1 unspecified atom stereocenters. The average molecular weight is 410 g/mol. The predicted molar refractivity (Wildman–Crippen MR) is 120 cm³/mol. The number of nitrogens with two attached hydrogens (primary N) is 1. The second-order valence-electron chi connectivity index (χ2n) is 8.78. The first-order chi connectivity index (χ1) is 13.8. The molecule has 1 aliphatic carbocycles. The Labute approximate surface area is 175 Å². The van der Waals surface area contributed by atoms with Gasteiger partial charge in [0.2, 0.25) is 0 Å². The van der Waals surface area contributed by atoms with Crippen LogP contribution in [0.1, 0.15) is 48.1 Å². The van der Waals surface area contributed by atoms with Gasteiger partial charge in [-0.05, 0) is 66.5 Å². The highest BCUT2D eigenvalue weighted by molar-refractivity contribution is 7.21. The molecule has 0 spiro atoms. The van der Waals surface area contributed by atoms with E-state index in [1.807, 2.05) is 24.3 Å². The first-order valence-corrected chi connectivity index (χ1v) is 10.7. The van der Waals surface area contributed by atoms with E-state index in [9.17, 15) is 4.79 Å². The van der Waals surface area contributed by atoms with Gasteiger partial charge in [-0.3, -0.25) is 4.79 Å². The van der Waals surface area contributed by atoms with E-state index in [0.717, 1.165) is 40.9 Å². The summed E-state index contributed by atoms with van der Waals surface area (Å²) >= 11 is 1.37. The number of nitrogens with zero attached hydrogens (tertiary/aromatic N) is 1. The highest BCUT2D eigenvalue weighted by Crippen LogP contribution is 2.40. The summed E-state index contributed by atoms with van der Waals surface area (Å²) < 4.78 is 5.16. The molecular formula is C23H27N3O2S. The Hall–Kier alpha value is -2.60. The zero-order valence-electron chi connectivity index (χ0n) is 17.3. The van der Waals surface area contributed by atoms with Crippen molar-refractivity contribution in [1.29, 1.82) is 0 Å². The van der Waals surface area contributed by atoms with Gasteiger partial charge in [0, 0.05) is 16.8 Å². The minimum absolute atomic E-state index is 0.207. The quantitative estimate of drug-likeness (QED) is 0.616. The molecule has 3 N–H and O–H groups in total. The number of aryl methyl sites for hydroxylation is 1. The number of amides is 1. The molecule has 0 saturated heterocycles. The maximum Gasteiger partial charge on any atom is 0.267 e. The van der Waals surface area contributed by atoms with E-state index in [2.05, 4.69) is 32.2 Å². The zero-order chi connectivity index (χ0) is 20.8. The van der Waals surface area contributed by atoms with Crippen molar-refractivity contribution in [3.05, 3.63) is 46.5 Å². The number of carbonyl (C=O) groups is 1. The molecule has 5 nitrogen and oxygen atoms in total. The third kappa shape index (κ3) is 3.81. The van der Waals surface area contributed by atoms with Crippen molar-refractivity contribution in [3.63, 3.8) is 0 Å². The van der Waals surface area contributed by atoms with E-state index in [-0.39, 0.29) is 11.3 Å². The van der Waals surface area contributed by atoms with Crippen LogP contribution in [0.2, 0.25) is 0 Å². The fraction of sp³-hybridized carbons (Fsp3) is 0.391. The normalized spacial score (nSPS) is 16.5. The summed E-state index contributed by atoms with van der Waals surface area (Å²) in [5.41, 5.74) is 10.3. The summed E-state index contributed by atoms with van der Waals surface area (Å²) in [5.74, 6) is 1.17. The lowest BCUT2D eigenvalue weighted by Crippen LogP contribution is -2.27. The lowest BCUT2D eigenvalue weighted by Gasteiger charge is -2.34. The first kappa shape index (κ1) is 19.7. The Bertz CT molecular complexity index is 1060. The molecule has 0 saturated carbocycles. The molecule has 29 heavy (non-hydrogen) atoms. The van der Waals surface area contributed by atoms with E-state index >= 15 is 0 Å². The maximum atomic E-state index is 12.8.